The zero-order valence-corrected chi connectivity index (χ0v) is 19.1. The number of aromatic nitrogens is 4. The van der Waals surface area contributed by atoms with Gasteiger partial charge in [-0.05, 0) is 50.1 Å². The van der Waals surface area contributed by atoms with E-state index in [1.54, 1.807) is 34.9 Å². The van der Waals surface area contributed by atoms with Gasteiger partial charge in [0.05, 0.1) is 24.1 Å². The molecule has 32 heavy (non-hydrogen) atoms. The molecular formula is C23H26N6O2S. The molecule has 1 amide bonds. The molecule has 9 heteroatoms. The molecule has 0 spiro atoms. The summed E-state index contributed by atoms with van der Waals surface area (Å²) < 4.78 is 7.38. The molecule has 1 aliphatic heterocycles. The Morgan fingerprint density at radius 1 is 1.25 bits per heavy atom. The number of hydrogen-bond acceptors (Lipinski definition) is 7. The van der Waals surface area contributed by atoms with Crippen LogP contribution in [0.1, 0.15) is 38.8 Å². The van der Waals surface area contributed by atoms with Gasteiger partial charge in [0, 0.05) is 17.6 Å². The van der Waals surface area contributed by atoms with Gasteiger partial charge in [0.1, 0.15) is 11.8 Å². The molecule has 1 atom stereocenters. The zero-order chi connectivity index (χ0) is 22.5. The Balaban J connectivity index is 1.74. The van der Waals surface area contributed by atoms with E-state index in [4.69, 9.17) is 9.84 Å². The van der Waals surface area contributed by atoms with E-state index in [0.29, 0.717) is 29.0 Å². The van der Waals surface area contributed by atoms with Crippen LogP contribution in [0.2, 0.25) is 0 Å². The lowest BCUT2D eigenvalue weighted by molar-refractivity contribution is -0.113. The lowest BCUT2D eigenvalue weighted by Crippen LogP contribution is -2.31. The zero-order valence-electron chi connectivity index (χ0n) is 18.3. The molecule has 1 aliphatic rings. The summed E-state index contributed by atoms with van der Waals surface area (Å²) in [7, 11) is 0. The van der Waals surface area contributed by atoms with Crippen molar-refractivity contribution in [2.24, 2.45) is 0 Å². The molecule has 3 aromatic rings. The number of pyridine rings is 1. The normalized spacial score (nSPS) is 15.2. The van der Waals surface area contributed by atoms with Gasteiger partial charge in [-0.15, -0.1) is 5.10 Å². The van der Waals surface area contributed by atoms with Crippen LogP contribution in [-0.2, 0) is 4.79 Å². The van der Waals surface area contributed by atoms with E-state index in [1.807, 2.05) is 44.2 Å². The lowest BCUT2D eigenvalue weighted by atomic mass is 9.95. The highest BCUT2D eigenvalue weighted by atomic mass is 32.2. The van der Waals surface area contributed by atoms with Crippen LogP contribution < -0.4 is 15.4 Å². The topological polar surface area (TPSA) is 94.0 Å². The maximum atomic E-state index is 13.4. The average molecular weight is 451 g/mol. The van der Waals surface area contributed by atoms with E-state index < -0.39 is 6.04 Å². The quantitative estimate of drug-likeness (QED) is 0.488. The van der Waals surface area contributed by atoms with Crippen molar-refractivity contribution in [2.75, 3.05) is 23.0 Å². The second-order valence-electron chi connectivity index (χ2n) is 7.28. The van der Waals surface area contributed by atoms with E-state index in [0.717, 1.165) is 29.2 Å². The SMILES string of the molecule is CCCSc1nc2n(n1)C(c1ccc(OCC)cc1)C(C(=O)Nc1cccnc1)=C(C)N2. The first-order chi connectivity index (χ1) is 15.6. The van der Waals surface area contributed by atoms with Crippen molar-refractivity contribution >= 4 is 29.3 Å². The molecule has 0 bridgehead atoms. The first-order valence-corrected chi connectivity index (χ1v) is 11.6. The standard InChI is InChI=1S/C23H26N6O2S/c1-4-13-32-23-27-22-25-15(3)19(21(30)26-17-7-6-12-24-14-17)20(29(22)28-23)16-8-10-18(11-9-16)31-5-2/h6-12,14,20H,4-5,13H2,1-3H3,(H,26,30)(H,25,27,28). The fourth-order valence-corrected chi connectivity index (χ4v) is 4.22. The lowest BCUT2D eigenvalue weighted by Gasteiger charge is -2.28. The number of thioether (sulfide) groups is 1. The largest absolute Gasteiger partial charge is 0.494 e. The Hall–Kier alpha value is -3.33. The molecule has 3 heterocycles. The molecule has 0 fully saturated rings. The molecule has 0 radical (unpaired) electrons. The van der Waals surface area contributed by atoms with E-state index in [9.17, 15) is 4.79 Å². The van der Waals surface area contributed by atoms with Crippen LogP contribution in [0.15, 0.2) is 65.2 Å². The second-order valence-corrected chi connectivity index (χ2v) is 8.34. The van der Waals surface area contributed by atoms with E-state index in [1.165, 1.54) is 0 Å². The number of carbonyl (C=O) groups is 1. The highest BCUT2D eigenvalue weighted by Gasteiger charge is 2.34. The number of fused-ring (bicyclic) bond motifs is 1. The highest BCUT2D eigenvalue weighted by molar-refractivity contribution is 7.99. The fourth-order valence-electron chi connectivity index (χ4n) is 3.54. The number of allylic oxidation sites excluding steroid dienone is 1. The van der Waals surface area contributed by atoms with Gasteiger partial charge < -0.3 is 15.4 Å². The molecular weight excluding hydrogens is 424 g/mol. The smallest absolute Gasteiger partial charge is 0.255 e. The Morgan fingerprint density at radius 2 is 2.06 bits per heavy atom. The number of carbonyl (C=O) groups excluding carboxylic acids is 1. The molecule has 166 valence electrons. The van der Waals surface area contributed by atoms with Crippen LogP contribution in [-0.4, -0.2) is 38.0 Å². The maximum Gasteiger partial charge on any atom is 0.255 e. The third-order valence-corrected chi connectivity index (χ3v) is 5.98. The summed E-state index contributed by atoms with van der Waals surface area (Å²) >= 11 is 1.60. The number of benzene rings is 1. The molecule has 0 saturated carbocycles. The third kappa shape index (κ3) is 4.62. The molecule has 4 rings (SSSR count). The van der Waals surface area contributed by atoms with Crippen molar-refractivity contribution in [3.05, 3.63) is 65.6 Å². The van der Waals surface area contributed by atoms with Gasteiger partial charge >= 0.3 is 0 Å². The number of rotatable bonds is 8. The fraction of sp³-hybridized carbons (Fsp3) is 0.304. The molecule has 0 aliphatic carbocycles. The van der Waals surface area contributed by atoms with Crippen molar-refractivity contribution < 1.29 is 9.53 Å². The third-order valence-electron chi connectivity index (χ3n) is 4.94. The first-order valence-electron chi connectivity index (χ1n) is 10.6. The Morgan fingerprint density at radius 3 is 2.75 bits per heavy atom. The molecule has 1 aromatic carbocycles. The predicted octanol–water partition coefficient (Wildman–Crippen LogP) is 4.50. The molecule has 8 nitrogen and oxygen atoms in total. The van der Waals surface area contributed by atoms with Crippen molar-refractivity contribution in [2.45, 2.75) is 38.4 Å². The van der Waals surface area contributed by atoms with Crippen LogP contribution in [0.25, 0.3) is 0 Å². The van der Waals surface area contributed by atoms with Gasteiger partial charge in [0.25, 0.3) is 5.91 Å². The van der Waals surface area contributed by atoms with Gasteiger partial charge in [-0.3, -0.25) is 9.78 Å². The Bertz CT molecular complexity index is 1110. The van der Waals surface area contributed by atoms with Gasteiger partial charge in [-0.1, -0.05) is 30.8 Å². The van der Waals surface area contributed by atoms with Crippen LogP contribution in [0.4, 0.5) is 11.6 Å². The molecule has 1 unspecified atom stereocenters. The Kier molecular flexibility index (Phi) is 6.75. The van der Waals surface area contributed by atoms with Crippen molar-refractivity contribution in [1.82, 2.24) is 19.7 Å². The van der Waals surface area contributed by atoms with Crippen LogP contribution in [0.5, 0.6) is 5.75 Å². The van der Waals surface area contributed by atoms with Crippen molar-refractivity contribution in [3.63, 3.8) is 0 Å². The summed E-state index contributed by atoms with van der Waals surface area (Å²) in [6, 6.07) is 10.9. The Labute approximate surface area is 191 Å². The minimum Gasteiger partial charge on any atom is -0.494 e. The van der Waals surface area contributed by atoms with E-state index >= 15 is 0 Å². The molecule has 0 saturated heterocycles. The maximum absolute atomic E-state index is 13.4. The summed E-state index contributed by atoms with van der Waals surface area (Å²) in [6.07, 6.45) is 4.32. The van der Waals surface area contributed by atoms with Gasteiger partial charge in [-0.25, -0.2) is 4.68 Å². The summed E-state index contributed by atoms with van der Waals surface area (Å²) in [5, 5.41) is 11.6. The molecule has 2 aromatic heterocycles. The van der Waals surface area contributed by atoms with Crippen LogP contribution in [0.3, 0.4) is 0 Å². The van der Waals surface area contributed by atoms with Crippen molar-refractivity contribution in [1.29, 1.82) is 0 Å². The van der Waals surface area contributed by atoms with Crippen LogP contribution >= 0.6 is 11.8 Å². The van der Waals surface area contributed by atoms with Crippen molar-refractivity contribution in [3.8, 4) is 5.75 Å². The monoisotopic (exact) mass is 450 g/mol. The second kappa shape index (κ2) is 9.86. The number of nitrogens with zero attached hydrogens (tertiary/aromatic N) is 4. The predicted molar refractivity (Wildman–Crippen MR) is 126 cm³/mol. The van der Waals surface area contributed by atoms with Gasteiger partial charge in [0.2, 0.25) is 11.1 Å². The van der Waals surface area contributed by atoms with E-state index in [2.05, 4.69) is 27.5 Å². The number of amides is 1. The van der Waals surface area contributed by atoms with E-state index in [-0.39, 0.29) is 5.91 Å². The highest BCUT2D eigenvalue weighted by Crippen LogP contribution is 2.37. The van der Waals surface area contributed by atoms with Gasteiger partial charge in [-0.2, -0.15) is 4.98 Å². The number of hydrogen-bond donors (Lipinski definition) is 2. The summed E-state index contributed by atoms with van der Waals surface area (Å²) in [6.45, 7) is 6.55. The summed E-state index contributed by atoms with van der Waals surface area (Å²) in [4.78, 5) is 22.1. The summed E-state index contributed by atoms with van der Waals surface area (Å²) in [5.41, 5.74) is 2.86. The van der Waals surface area contributed by atoms with Crippen LogP contribution in [0, 0.1) is 0 Å². The average Bonchev–Trinajstić information content (AvgIpc) is 3.20. The van der Waals surface area contributed by atoms with Gasteiger partial charge in [0.15, 0.2) is 0 Å². The number of nitrogens with one attached hydrogen (secondary N) is 2. The minimum atomic E-state index is -0.429. The first kappa shape index (κ1) is 21.9. The number of ether oxygens (including phenoxy) is 1. The molecule has 2 N–H and O–H groups in total. The summed E-state index contributed by atoms with van der Waals surface area (Å²) in [5.74, 6) is 2.12. The minimum absolute atomic E-state index is 0.217. The number of anilines is 2.